The lowest BCUT2D eigenvalue weighted by molar-refractivity contribution is -0.135. The quantitative estimate of drug-likeness (QED) is 0.910. The number of nitrogens with two attached hydrogens (primary N) is 1. The van der Waals surface area contributed by atoms with Gasteiger partial charge in [-0.25, -0.2) is 4.39 Å². The number of piperidine rings is 1. The summed E-state index contributed by atoms with van der Waals surface area (Å²) in [7, 11) is 0. The summed E-state index contributed by atoms with van der Waals surface area (Å²) in [5.74, 6) is -0.0822. The molecular weight excluding hydrogens is 279 g/mol. The number of likely N-dealkylation sites (tertiary alicyclic amines) is 1. The van der Waals surface area contributed by atoms with E-state index >= 15 is 0 Å². The van der Waals surface area contributed by atoms with Crippen LogP contribution in [0.4, 0.5) is 4.39 Å². The second kappa shape index (κ2) is 5.70. The van der Waals surface area contributed by atoms with Crippen LogP contribution in [0.3, 0.4) is 0 Å². The Labute approximate surface area is 124 Å². The second-order valence-corrected chi connectivity index (χ2v) is 5.74. The smallest absolute Gasteiger partial charge is 0.233 e. The van der Waals surface area contributed by atoms with Crippen LogP contribution in [0.2, 0.25) is 0 Å². The maximum Gasteiger partial charge on any atom is 0.233 e. The summed E-state index contributed by atoms with van der Waals surface area (Å²) in [4.78, 5) is 14.6. The minimum atomic E-state index is -0.398. The molecule has 0 spiro atoms. The lowest BCUT2D eigenvalue weighted by atomic mass is 9.93. The molecule has 0 bridgehead atoms. The van der Waals surface area contributed by atoms with Crippen LogP contribution in [0, 0.1) is 5.82 Å². The van der Waals surface area contributed by atoms with Crippen molar-refractivity contribution in [2.24, 2.45) is 5.73 Å². The highest BCUT2D eigenvalue weighted by Crippen LogP contribution is 2.49. The number of carbonyl (C=O) groups is 1. The molecule has 20 heavy (non-hydrogen) atoms. The summed E-state index contributed by atoms with van der Waals surface area (Å²) in [5.41, 5.74) is 6.49. The van der Waals surface area contributed by atoms with E-state index < -0.39 is 5.41 Å². The molecule has 2 fully saturated rings. The van der Waals surface area contributed by atoms with Crippen LogP contribution >= 0.6 is 12.4 Å². The zero-order valence-corrected chi connectivity index (χ0v) is 12.2. The molecule has 0 radical (unpaired) electrons. The van der Waals surface area contributed by atoms with E-state index in [0.29, 0.717) is 6.54 Å². The molecule has 2 N–H and O–H groups in total. The summed E-state index contributed by atoms with van der Waals surface area (Å²) in [6.45, 7) is 1.46. The summed E-state index contributed by atoms with van der Waals surface area (Å²) >= 11 is 0. The molecule has 1 unspecified atom stereocenters. The van der Waals surface area contributed by atoms with Gasteiger partial charge in [-0.3, -0.25) is 4.79 Å². The molecule has 1 saturated heterocycles. The Morgan fingerprint density at radius 2 is 1.95 bits per heavy atom. The molecule has 2 aliphatic rings. The largest absolute Gasteiger partial charge is 0.340 e. The number of carbonyl (C=O) groups excluding carboxylic acids is 1. The molecule has 1 saturated carbocycles. The van der Waals surface area contributed by atoms with Gasteiger partial charge in [0.25, 0.3) is 0 Å². The Morgan fingerprint density at radius 3 is 2.50 bits per heavy atom. The minimum absolute atomic E-state index is 0. The number of hydrogen-bond acceptors (Lipinski definition) is 2. The van der Waals surface area contributed by atoms with Gasteiger partial charge >= 0.3 is 0 Å². The van der Waals surface area contributed by atoms with Gasteiger partial charge in [0.1, 0.15) is 5.82 Å². The molecule has 1 aliphatic heterocycles. The van der Waals surface area contributed by atoms with Gasteiger partial charge in [0.05, 0.1) is 5.41 Å². The first-order valence-electron chi connectivity index (χ1n) is 6.93. The van der Waals surface area contributed by atoms with Crippen molar-refractivity contribution in [3.05, 3.63) is 35.6 Å². The van der Waals surface area contributed by atoms with Gasteiger partial charge in [0.2, 0.25) is 5.91 Å². The van der Waals surface area contributed by atoms with Gasteiger partial charge in [-0.2, -0.15) is 0 Å². The number of benzene rings is 1. The molecule has 1 amide bonds. The molecule has 0 aromatic heterocycles. The van der Waals surface area contributed by atoms with E-state index in [0.717, 1.165) is 37.8 Å². The third kappa shape index (κ3) is 2.67. The normalized spacial score (nSPS) is 23.9. The number of hydrogen-bond donors (Lipinski definition) is 1. The Hall–Kier alpha value is -1.13. The fourth-order valence-corrected chi connectivity index (χ4v) is 3.02. The van der Waals surface area contributed by atoms with Crippen LogP contribution in [-0.2, 0) is 10.2 Å². The van der Waals surface area contributed by atoms with Crippen molar-refractivity contribution in [2.75, 3.05) is 13.1 Å². The van der Waals surface area contributed by atoms with Crippen molar-refractivity contribution in [3.63, 3.8) is 0 Å². The lowest BCUT2D eigenvalue weighted by Gasteiger charge is -2.33. The van der Waals surface area contributed by atoms with Crippen LogP contribution in [0.5, 0.6) is 0 Å². The van der Waals surface area contributed by atoms with Crippen molar-refractivity contribution >= 4 is 18.3 Å². The summed E-state index contributed by atoms with van der Waals surface area (Å²) in [5, 5.41) is 0. The minimum Gasteiger partial charge on any atom is -0.340 e. The molecular formula is C15H20ClFN2O. The monoisotopic (exact) mass is 298 g/mol. The summed E-state index contributed by atoms with van der Waals surface area (Å²) in [6.07, 6.45) is 3.70. The van der Waals surface area contributed by atoms with Gasteiger partial charge in [-0.1, -0.05) is 12.1 Å². The van der Waals surface area contributed by atoms with Crippen LogP contribution < -0.4 is 5.73 Å². The van der Waals surface area contributed by atoms with Gasteiger partial charge in [-0.05, 0) is 43.4 Å². The highest BCUT2D eigenvalue weighted by Gasteiger charge is 2.53. The van der Waals surface area contributed by atoms with Gasteiger partial charge in [0, 0.05) is 19.1 Å². The number of nitrogens with zero attached hydrogens (tertiary/aromatic N) is 1. The summed E-state index contributed by atoms with van der Waals surface area (Å²) < 4.78 is 13.0. The molecule has 1 aliphatic carbocycles. The zero-order valence-electron chi connectivity index (χ0n) is 11.3. The van der Waals surface area contributed by atoms with Crippen molar-refractivity contribution in [2.45, 2.75) is 37.1 Å². The van der Waals surface area contributed by atoms with E-state index in [1.165, 1.54) is 12.1 Å². The first kappa shape index (κ1) is 15.3. The lowest BCUT2D eigenvalue weighted by Crippen LogP contribution is -2.49. The fraction of sp³-hybridized carbons (Fsp3) is 0.533. The Bertz CT molecular complexity index is 487. The van der Waals surface area contributed by atoms with Crippen LogP contribution in [0.15, 0.2) is 24.3 Å². The van der Waals surface area contributed by atoms with E-state index in [4.69, 9.17) is 5.73 Å². The van der Waals surface area contributed by atoms with Gasteiger partial charge in [0.15, 0.2) is 0 Å². The summed E-state index contributed by atoms with van der Waals surface area (Å²) in [6, 6.07) is 6.45. The first-order chi connectivity index (χ1) is 9.12. The molecule has 110 valence electrons. The average Bonchev–Trinajstić information content (AvgIpc) is 3.20. The van der Waals surface area contributed by atoms with Gasteiger partial charge < -0.3 is 10.6 Å². The number of amides is 1. The van der Waals surface area contributed by atoms with Crippen molar-refractivity contribution in [3.8, 4) is 0 Å². The maximum absolute atomic E-state index is 13.0. The molecule has 1 atom stereocenters. The predicted molar refractivity (Wildman–Crippen MR) is 78.3 cm³/mol. The Balaban J connectivity index is 0.00000147. The molecule has 3 nitrogen and oxygen atoms in total. The highest BCUT2D eigenvalue weighted by atomic mass is 35.5. The van der Waals surface area contributed by atoms with Crippen LogP contribution in [-0.4, -0.2) is 29.9 Å². The topological polar surface area (TPSA) is 46.3 Å². The van der Waals surface area contributed by atoms with E-state index in [2.05, 4.69) is 0 Å². The number of rotatable bonds is 2. The highest BCUT2D eigenvalue weighted by molar-refractivity contribution is 5.91. The predicted octanol–water partition coefficient (Wildman–Crippen LogP) is 2.23. The third-order valence-corrected chi connectivity index (χ3v) is 4.30. The van der Waals surface area contributed by atoms with E-state index in [-0.39, 0.29) is 30.2 Å². The maximum atomic E-state index is 13.0. The zero-order chi connectivity index (χ0) is 13.5. The fourth-order valence-electron chi connectivity index (χ4n) is 3.02. The SMILES string of the molecule is Cl.NC1CCCN(C(=O)C2(c3ccc(F)cc3)CC2)C1. The van der Waals surface area contributed by atoms with E-state index in [1.807, 2.05) is 4.90 Å². The Morgan fingerprint density at radius 1 is 1.30 bits per heavy atom. The number of halogens is 2. The van der Waals surface area contributed by atoms with Crippen molar-refractivity contribution in [1.29, 1.82) is 0 Å². The molecule has 1 aromatic rings. The van der Waals surface area contributed by atoms with E-state index in [9.17, 15) is 9.18 Å². The van der Waals surface area contributed by atoms with Crippen molar-refractivity contribution in [1.82, 2.24) is 4.90 Å². The molecule has 1 heterocycles. The first-order valence-corrected chi connectivity index (χ1v) is 6.93. The molecule has 5 heteroatoms. The van der Waals surface area contributed by atoms with Crippen LogP contribution in [0.25, 0.3) is 0 Å². The molecule has 3 rings (SSSR count). The second-order valence-electron chi connectivity index (χ2n) is 5.74. The third-order valence-electron chi connectivity index (χ3n) is 4.30. The standard InChI is InChI=1S/C15H19FN2O.ClH/c16-12-5-3-11(4-6-12)15(7-8-15)14(19)18-9-1-2-13(17)10-18;/h3-6,13H,1-2,7-10,17H2;1H. The van der Waals surface area contributed by atoms with Crippen LogP contribution in [0.1, 0.15) is 31.2 Å². The van der Waals surface area contributed by atoms with Gasteiger partial charge in [-0.15, -0.1) is 12.4 Å². The van der Waals surface area contributed by atoms with E-state index in [1.54, 1.807) is 12.1 Å². The molecule has 1 aromatic carbocycles. The Kier molecular flexibility index (Phi) is 4.35. The van der Waals surface area contributed by atoms with Crippen molar-refractivity contribution < 1.29 is 9.18 Å². The average molecular weight is 299 g/mol.